The number of rotatable bonds is 7. The van der Waals surface area contributed by atoms with Crippen molar-refractivity contribution in [3.05, 3.63) is 71.0 Å². The second-order valence-corrected chi connectivity index (χ2v) is 9.63. The van der Waals surface area contributed by atoms with Crippen LogP contribution in [0.15, 0.2) is 59.5 Å². The average molecular weight is 541 g/mol. The fraction of sp³-hybridized carbons (Fsp3) is 0.136. The van der Waals surface area contributed by atoms with Gasteiger partial charge in [0.1, 0.15) is 17.9 Å². The molecule has 2 aromatic heterocycles. The lowest BCUT2D eigenvalue weighted by Crippen LogP contribution is -2.22. The molecule has 0 spiro atoms. The molecular formula is C22H17ClF4N6O2S. The van der Waals surface area contributed by atoms with Crippen LogP contribution < -0.4 is 15.8 Å². The molecule has 0 bridgehead atoms. The van der Waals surface area contributed by atoms with Gasteiger partial charge in [-0.15, -0.1) is 0 Å². The molecule has 36 heavy (non-hydrogen) atoms. The van der Waals surface area contributed by atoms with Crippen molar-refractivity contribution in [3.63, 3.8) is 0 Å². The normalized spacial score (nSPS) is 12.1. The van der Waals surface area contributed by atoms with E-state index in [-0.39, 0.29) is 39.3 Å². The van der Waals surface area contributed by atoms with Gasteiger partial charge in [-0.05, 0) is 60.2 Å². The molecule has 4 aromatic rings. The van der Waals surface area contributed by atoms with Gasteiger partial charge in [-0.2, -0.15) is 18.2 Å². The summed E-state index contributed by atoms with van der Waals surface area (Å²) < 4.78 is 75.3. The number of anilines is 2. The largest absolute Gasteiger partial charge is 0.405 e. The number of primary sulfonamides is 1. The first-order chi connectivity index (χ1) is 16.9. The van der Waals surface area contributed by atoms with Gasteiger partial charge in [0.25, 0.3) is 0 Å². The molecule has 4 rings (SSSR count). The zero-order valence-corrected chi connectivity index (χ0v) is 19.7. The van der Waals surface area contributed by atoms with Crippen LogP contribution in [0.3, 0.4) is 0 Å². The molecular weight excluding hydrogens is 524 g/mol. The van der Waals surface area contributed by atoms with Gasteiger partial charge in [-0.3, -0.25) is 0 Å². The molecule has 188 valence electrons. The Kier molecular flexibility index (Phi) is 6.98. The van der Waals surface area contributed by atoms with Crippen LogP contribution in [0.5, 0.6) is 0 Å². The Morgan fingerprint density at radius 2 is 1.67 bits per heavy atom. The maximum absolute atomic E-state index is 13.3. The second-order valence-electron chi connectivity index (χ2n) is 7.63. The summed E-state index contributed by atoms with van der Waals surface area (Å²) in [6.07, 6.45) is -4.52. The predicted molar refractivity (Wildman–Crippen MR) is 127 cm³/mol. The zero-order valence-electron chi connectivity index (χ0n) is 18.1. The van der Waals surface area contributed by atoms with Crippen molar-refractivity contribution >= 4 is 44.4 Å². The number of benzene rings is 2. The lowest BCUT2D eigenvalue weighted by molar-refractivity contribution is -0.115. The number of nitrogens with one attached hydrogen (secondary N) is 2. The Morgan fingerprint density at radius 1 is 0.944 bits per heavy atom. The fourth-order valence-corrected chi connectivity index (χ4v) is 4.18. The molecule has 0 atom stereocenters. The third-order valence-corrected chi connectivity index (χ3v) is 5.96. The van der Waals surface area contributed by atoms with E-state index < -0.39 is 28.6 Å². The van der Waals surface area contributed by atoms with Gasteiger partial charge in [0.05, 0.1) is 16.1 Å². The highest BCUT2D eigenvalue weighted by molar-refractivity contribution is 7.89. The van der Waals surface area contributed by atoms with E-state index in [0.29, 0.717) is 16.8 Å². The number of alkyl halides is 3. The predicted octanol–water partition coefficient (Wildman–Crippen LogP) is 4.72. The molecule has 0 saturated carbocycles. The van der Waals surface area contributed by atoms with Crippen molar-refractivity contribution in [3.8, 4) is 11.3 Å². The molecule has 0 aliphatic heterocycles. The van der Waals surface area contributed by atoms with Gasteiger partial charge in [-0.25, -0.2) is 27.9 Å². The monoisotopic (exact) mass is 540 g/mol. The molecule has 2 aromatic carbocycles. The quantitative estimate of drug-likeness (QED) is 0.290. The Morgan fingerprint density at radius 3 is 2.33 bits per heavy atom. The second kappa shape index (κ2) is 9.84. The van der Waals surface area contributed by atoms with Crippen molar-refractivity contribution in [2.45, 2.75) is 17.6 Å². The van der Waals surface area contributed by atoms with Gasteiger partial charge in [0.2, 0.25) is 16.0 Å². The molecule has 0 fully saturated rings. The van der Waals surface area contributed by atoms with Crippen molar-refractivity contribution in [2.24, 2.45) is 5.14 Å². The molecule has 0 unspecified atom stereocenters. The van der Waals surface area contributed by atoms with Crippen LogP contribution in [0.4, 0.5) is 29.3 Å². The van der Waals surface area contributed by atoms with Gasteiger partial charge >= 0.3 is 6.18 Å². The maximum Gasteiger partial charge on any atom is 0.405 e. The highest BCUT2D eigenvalue weighted by atomic mass is 35.5. The van der Waals surface area contributed by atoms with Gasteiger partial charge in [-0.1, -0.05) is 11.6 Å². The van der Waals surface area contributed by atoms with Crippen LogP contribution >= 0.6 is 11.6 Å². The van der Waals surface area contributed by atoms with Crippen LogP contribution in [0.1, 0.15) is 5.56 Å². The molecule has 0 aliphatic carbocycles. The van der Waals surface area contributed by atoms with Crippen molar-refractivity contribution in [1.82, 2.24) is 15.0 Å². The number of pyridine rings is 1. The number of halogens is 5. The van der Waals surface area contributed by atoms with Gasteiger partial charge in [0, 0.05) is 17.1 Å². The third kappa shape index (κ3) is 6.36. The summed E-state index contributed by atoms with van der Waals surface area (Å²) in [5, 5.41) is 10.4. The Balaban J connectivity index is 1.69. The van der Waals surface area contributed by atoms with E-state index in [4.69, 9.17) is 16.7 Å². The summed E-state index contributed by atoms with van der Waals surface area (Å²) in [4.78, 5) is 12.6. The van der Waals surface area contributed by atoms with E-state index in [1.54, 1.807) is 12.1 Å². The average Bonchev–Trinajstić information content (AvgIpc) is 2.80. The first-order valence-corrected chi connectivity index (χ1v) is 12.1. The molecule has 0 amide bonds. The topological polar surface area (TPSA) is 123 Å². The van der Waals surface area contributed by atoms with Gasteiger partial charge < -0.3 is 10.6 Å². The number of aromatic nitrogens is 3. The molecule has 0 radical (unpaired) electrons. The highest BCUT2D eigenvalue weighted by Crippen LogP contribution is 2.27. The number of hydrogen-bond donors (Lipinski definition) is 3. The number of hydrogen-bond acceptors (Lipinski definition) is 7. The molecule has 14 heteroatoms. The molecule has 8 nitrogen and oxygen atoms in total. The van der Waals surface area contributed by atoms with E-state index in [9.17, 15) is 26.0 Å². The smallest absolute Gasteiger partial charge is 0.359 e. The summed E-state index contributed by atoms with van der Waals surface area (Å²) in [5.74, 6) is -0.664. The summed E-state index contributed by atoms with van der Waals surface area (Å²) in [6.45, 7) is -1.37. The van der Waals surface area contributed by atoms with Crippen molar-refractivity contribution < 1.29 is 26.0 Å². The minimum atomic E-state index is -4.52. The molecule has 0 aliphatic rings. The fourth-order valence-electron chi connectivity index (χ4n) is 3.25. The van der Waals surface area contributed by atoms with Crippen LogP contribution in [-0.4, -0.2) is 36.1 Å². The first kappa shape index (κ1) is 25.5. The van der Waals surface area contributed by atoms with E-state index in [1.807, 2.05) is 0 Å². The Bertz CT molecular complexity index is 1530. The van der Waals surface area contributed by atoms with Gasteiger partial charge in [0.15, 0.2) is 5.82 Å². The van der Waals surface area contributed by atoms with E-state index in [1.165, 1.54) is 42.5 Å². The minimum absolute atomic E-state index is 0.00557. The summed E-state index contributed by atoms with van der Waals surface area (Å²) in [7, 11) is -4.01. The van der Waals surface area contributed by atoms with E-state index in [2.05, 4.69) is 25.6 Å². The number of fused-ring (bicyclic) bond motifs is 1. The summed E-state index contributed by atoms with van der Waals surface area (Å²) in [5.41, 5.74) is 1.67. The standard InChI is InChI=1S/C22H17ClF4N6O2S/c23-14-7-12(8-16(9-14)36(28,34)35)10-29-21-32-18-6-5-17(13-1-3-15(24)4-2-13)31-19(18)20(33-21)30-11-22(25,26)27/h1-9H,10-11H2,(H2,28,34,35)(H2,29,30,32,33). The zero-order chi connectivity index (χ0) is 26.1. The number of sulfonamides is 1. The van der Waals surface area contributed by atoms with Crippen LogP contribution in [-0.2, 0) is 16.6 Å². The molecule has 0 saturated heterocycles. The molecule has 2 heterocycles. The van der Waals surface area contributed by atoms with Crippen molar-refractivity contribution in [2.75, 3.05) is 17.2 Å². The van der Waals surface area contributed by atoms with Crippen LogP contribution in [0.25, 0.3) is 22.3 Å². The third-order valence-electron chi connectivity index (χ3n) is 4.85. The van der Waals surface area contributed by atoms with Crippen molar-refractivity contribution in [1.29, 1.82) is 0 Å². The lowest BCUT2D eigenvalue weighted by Gasteiger charge is -2.14. The van der Waals surface area contributed by atoms with E-state index in [0.717, 1.165) is 0 Å². The SMILES string of the molecule is NS(=O)(=O)c1cc(Cl)cc(CNc2nc(NCC(F)(F)F)c3nc(-c4ccc(F)cc4)ccc3n2)c1. The number of nitrogens with two attached hydrogens (primary N) is 1. The maximum atomic E-state index is 13.3. The van der Waals surface area contributed by atoms with Crippen LogP contribution in [0.2, 0.25) is 5.02 Å². The highest BCUT2D eigenvalue weighted by Gasteiger charge is 2.27. The van der Waals surface area contributed by atoms with Crippen LogP contribution in [0, 0.1) is 5.82 Å². The Hall–Kier alpha value is -3.55. The Labute approximate surface area is 207 Å². The summed E-state index contributed by atoms with van der Waals surface area (Å²) in [6, 6.07) is 12.6. The first-order valence-electron chi connectivity index (χ1n) is 10.2. The summed E-state index contributed by atoms with van der Waals surface area (Å²) >= 11 is 5.97. The van der Waals surface area contributed by atoms with E-state index >= 15 is 0 Å². The number of nitrogens with zero attached hydrogens (tertiary/aromatic N) is 3. The molecule has 4 N–H and O–H groups in total. The lowest BCUT2D eigenvalue weighted by atomic mass is 10.1. The minimum Gasteiger partial charge on any atom is -0.359 e.